The Balaban J connectivity index is 1.55. The van der Waals surface area contributed by atoms with E-state index >= 15 is 0 Å². The molecule has 29 heavy (non-hydrogen) atoms. The second-order valence-electron chi connectivity index (χ2n) is 7.37. The fourth-order valence-electron chi connectivity index (χ4n) is 3.56. The van der Waals surface area contributed by atoms with Gasteiger partial charge in [0.1, 0.15) is 0 Å². The lowest BCUT2D eigenvalue weighted by molar-refractivity contribution is 0.221. The van der Waals surface area contributed by atoms with Gasteiger partial charge in [0.15, 0.2) is 5.96 Å². The van der Waals surface area contributed by atoms with Gasteiger partial charge in [-0.25, -0.2) is 9.98 Å². The zero-order chi connectivity index (χ0) is 20.3. The number of aromatic nitrogens is 1. The predicted molar refractivity (Wildman–Crippen MR) is 118 cm³/mol. The minimum atomic E-state index is 0.609. The second-order valence-corrected chi connectivity index (χ2v) is 7.37. The van der Waals surface area contributed by atoms with E-state index in [1.54, 1.807) is 13.3 Å². The molecule has 1 aromatic carbocycles. The molecule has 0 atom stereocenters. The Labute approximate surface area is 174 Å². The molecule has 6 nitrogen and oxygen atoms in total. The molecule has 0 bridgehead atoms. The van der Waals surface area contributed by atoms with Crippen LogP contribution >= 0.6 is 0 Å². The first kappa shape index (κ1) is 21.1. The zero-order valence-corrected chi connectivity index (χ0v) is 17.7. The average molecular weight is 396 g/mol. The summed E-state index contributed by atoms with van der Waals surface area (Å²) >= 11 is 0. The number of nitrogens with one attached hydrogen (secondary N) is 2. The molecule has 0 saturated carbocycles. The number of hydrogen-bond acceptors (Lipinski definition) is 4. The number of rotatable bonds is 8. The quantitative estimate of drug-likeness (QED) is 0.530. The molecule has 3 rings (SSSR count). The molecule has 1 saturated heterocycles. The minimum Gasteiger partial charge on any atom is -0.481 e. The number of nitrogens with zero attached hydrogens (tertiary/aromatic N) is 3. The van der Waals surface area contributed by atoms with E-state index in [0.717, 1.165) is 24.6 Å². The molecule has 156 valence electrons. The number of ether oxygens (including phenoxy) is 1. The van der Waals surface area contributed by atoms with E-state index in [4.69, 9.17) is 9.73 Å². The van der Waals surface area contributed by atoms with Crippen LogP contribution in [-0.2, 0) is 19.6 Å². The summed E-state index contributed by atoms with van der Waals surface area (Å²) in [6.07, 6.45) is 5.77. The summed E-state index contributed by atoms with van der Waals surface area (Å²) in [6, 6.07) is 12.8. The lowest BCUT2D eigenvalue weighted by Crippen LogP contribution is -2.36. The molecule has 2 aromatic rings. The first-order valence-corrected chi connectivity index (χ1v) is 10.6. The van der Waals surface area contributed by atoms with E-state index < -0.39 is 0 Å². The first-order valence-electron chi connectivity index (χ1n) is 10.6. The largest absolute Gasteiger partial charge is 0.481 e. The highest BCUT2D eigenvalue weighted by Gasteiger charge is 2.10. The molecule has 6 heteroatoms. The second kappa shape index (κ2) is 11.4. The summed E-state index contributed by atoms with van der Waals surface area (Å²) in [5.41, 5.74) is 3.60. The van der Waals surface area contributed by atoms with Crippen molar-refractivity contribution in [2.24, 2.45) is 4.99 Å². The number of hydrogen-bond donors (Lipinski definition) is 2. The van der Waals surface area contributed by atoms with Crippen LogP contribution < -0.4 is 15.4 Å². The van der Waals surface area contributed by atoms with Gasteiger partial charge in [0.2, 0.25) is 5.88 Å². The predicted octanol–water partition coefficient (Wildman–Crippen LogP) is 3.33. The van der Waals surface area contributed by atoms with E-state index in [9.17, 15) is 0 Å². The number of pyridine rings is 1. The monoisotopic (exact) mass is 395 g/mol. The average Bonchev–Trinajstić information content (AvgIpc) is 2.77. The summed E-state index contributed by atoms with van der Waals surface area (Å²) in [5.74, 6) is 1.43. The molecule has 2 N–H and O–H groups in total. The lowest BCUT2D eigenvalue weighted by Gasteiger charge is -2.26. The van der Waals surface area contributed by atoms with Crippen LogP contribution in [0.25, 0.3) is 0 Å². The Morgan fingerprint density at radius 2 is 1.83 bits per heavy atom. The van der Waals surface area contributed by atoms with Crippen molar-refractivity contribution in [3.63, 3.8) is 0 Å². The fraction of sp³-hybridized carbons (Fsp3) is 0.478. The number of benzene rings is 1. The number of aliphatic imine (C=N–C) groups is 1. The molecule has 0 spiro atoms. The molecule has 1 fully saturated rings. The van der Waals surface area contributed by atoms with Crippen molar-refractivity contribution in [1.82, 2.24) is 20.5 Å². The molecule has 1 aliphatic heterocycles. The topological polar surface area (TPSA) is 61.8 Å². The van der Waals surface area contributed by atoms with Gasteiger partial charge in [0, 0.05) is 31.4 Å². The fourth-order valence-corrected chi connectivity index (χ4v) is 3.56. The SMILES string of the molecule is CCNC(=NCc1ccc(CN2CCCCC2)cc1)NCc1cccnc1OC. The lowest BCUT2D eigenvalue weighted by atomic mass is 10.1. The normalized spacial score (nSPS) is 15.2. The molecular formula is C23H33N5O. The summed E-state index contributed by atoms with van der Waals surface area (Å²) in [5, 5.41) is 6.66. The van der Waals surface area contributed by atoms with Crippen LogP contribution in [0.4, 0.5) is 0 Å². The number of guanidine groups is 1. The van der Waals surface area contributed by atoms with Crippen molar-refractivity contribution in [3.8, 4) is 5.88 Å². The highest BCUT2D eigenvalue weighted by atomic mass is 16.5. The highest BCUT2D eigenvalue weighted by Crippen LogP contribution is 2.14. The van der Waals surface area contributed by atoms with Gasteiger partial charge in [-0.15, -0.1) is 0 Å². The standard InChI is InChI=1S/C23H33N5O/c1-3-24-23(27-17-21-8-7-13-25-22(21)29-2)26-16-19-9-11-20(12-10-19)18-28-14-5-4-6-15-28/h7-13H,3-6,14-18H2,1-2H3,(H2,24,26,27). The Kier molecular flexibility index (Phi) is 8.31. The third kappa shape index (κ3) is 6.75. The van der Waals surface area contributed by atoms with Gasteiger partial charge in [-0.3, -0.25) is 4.90 Å². The summed E-state index contributed by atoms with van der Waals surface area (Å²) in [6.45, 7) is 7.64. The van der Waals surface area contributed by atoms with Crippen molar-refractivity contribution in [2.75, 3.05) is 26.7 Å². The van der Waals surface area contributed by atoms with Crippen molar-refractivity contribution in [3.05, 3.63) is 59.3 Å². The van der Waals surface area contributed by atoms with Crippen molar-refractivity contribution in [2.45, 2.75) is 45.8 Å². The third-order valence-electron chi connectivity index (χ3n) is 5.13. The number of methoxy groups -OCH3 is 1. The Bertz CT molecular complexity index is 769. The molecule has 2 heterocycles. The molecular weight excluding hydrogens is 362 g/mol. The van der Waals surface area contributed by atoms with Crippen LogP contribution in [0.15, 0.2) is 47.6 Å². The number of likely N-dealkylation sites (tertiary alicyclic amines) is 1. The van der Waals surface area contributed by atoms with Crippen molar-refractivity contribution >= 4 is 5.96 Å². The van der Waals surface area contributed by atoms with Crippen molar-refractivity contribution in [1.29, 1.82) is 0 Å². The maximum atomic E-state index is 5.32. The highest BCUT2D eigenvalue weighted by molar-refractivity contribution is 5.79. The Morgan fingerprint density at radius 1 is 1.07 bits per heavy atom. The molecule has 0 amide bonds. The minimum absolute atomic E-state index is 0.609. The van der Waals surface area contributed by atoms with E-state index in [1.807, 2.05) is 12.1 Å². The molecule has 1 aliphatic rings. The maximum Gasteiger partial charge on any atom is 0.218 e. The maximum absolute atomic E-state index is 5.32. The van der Waals surface area contributed by atoms with Gasteiger partial charge in [0.05, 0.1) is 13.7 Å². The Hall–Kier alpha value is -2.60. The Morgan fingerprint density at radius 3 is 2.55 bits per heavy atom. The first-order chi connectivity index (χ1) is 14.3. The van der Waals surface area contributed by atoms with E-state index in [1.165, 1.54) is 43.5 Å². The molecule has 1 aromatic heterocycles. The van der Waals surface area contributed by atoms with Crippen LogP contribution in [0.1, 0.15) is 42.9 Å². The van der Waals surface area contributed by atoms with E-state index in [0.29, 0.717) is 19.0 Å². The number of piperidine rings is 1. The van der Waals surface area contributed by atoms with Crippen LogP contribution in [0, 0.1) is 0 Å². The zero-order valence-electron chi connectivity index (χ0n) is 17.7. The van der Waals surface area contributed by atoms with Crippen LogP contribution in [0.5, 0.6) is 5.88 Å². The van der Waals surface area contributed by atoms with E-state index in [-0.39, 0.29) is 0 Å². The van der Waals surface area contributed by atoms with Crippen LogP contribution in [0.3, 0.4) is 0 Å². The summed E-state index contributed by atoms with van der Waals surface area (Å²) < 4.78 is 5.32. The van der Waals surface area contributed by atoms with Gasteiger partial charge < -0.3 is 15.4 Å². The van der Waals surface area contributed by atoms with Gasteiger partial charge in [-0.05, 0) is 50.0 Å². The van der Waals surface area contributed by atoms with E-state index in [2.05, 4.69) is 51.7 Å². The molecule has 0 radical (unpaired) electrons. The van der Waals surface area contributed by atoms with Crippen molar-refractivity contribution < 1.29 is 4.74 Å². The van der Waals surface area contributed by atoms with Gasteiger partial charge in [0.25, 0.3) is 0 Å². The van der Waals surface area contributed by atoms with Gasteiger partial charge in [-0.2, -0.15) is 0 Å². The summed E-state index contributed by atoms with van der Waals surface area (Å²) in [7, 11) is 1.64. The van der Waals surface area contributed by atoms with Crippen LogP contribution in [-0.4, -0.2) is 42.6 Å². The van der Waals surface area contributed by atoms with Gasteiger partial charge in [-0.1, -0.05) is 36.8 Å². The smallest absolute Gasteiger partial charge is 0.218 e. The third-order valence-corrected chi connectivity index (χ3v) is 5.13. The molecule has 0 aliphatic carbocycles. The van der Waals surface area contributed by atoms with Crippen LogP contribution in [0.2, 0.25) is 0 Å². The summed E-state index contributed by atoms with van der Waals surface area (Å²) in [4.78, 5) is 11.5. The van der Waals surface area contributed by atoms with Gasteiger partial charge >= 0.3 is 0 Å². The molecule has 0 unspecified atom stereocenters.